The van der Waals surface area contributed by atoms with Gasteiger partial charge in [-0.05, 0) is 23.6 Å². The van der Waals surface area contributed by atoms with Crippen molar-refractivity contribution in [2.24, 2.45) is 0 Å². The third-order valence-corrected chi connectivity index (χ3v) is 3.53. The van der Waals surface area contributed by atoms with Gasteiger partial charge in [-0.2, -0.15) is 0 Å². The van der Waals surface area contributed by atoms with Crippen molar-refractivity contribution in [2.75, 3.05) is 13.2 Å². The molecule has 2 aliphatic rings. The van der Waals surface area contributed by atoms with E-state index in [-0.39, 0.29) is 11.8 Å². The van der Waals surface area contributed by atoms with E-state index in [1.54, 1.807) is 0 Å². The van der Waals surface area contributed by atoms with Crippen LogP contribution >= 0.6 is 0 Å². The molecule has 0 unspecified atom stereocenters. The maximum Gasteiger partial charge on any atom is 0.229 e. The Bertz CT molecular complexity index is 494. The summed E-state index contributed by atoms with van der Waals surface area (Å²) in [6, 6.07) is 6.10. The summed E-state index contributed by atoms with van der Waals surface area (Å²) in [6.45, 7) is 1.25. The van der Waals surface area contributed by atoms with Crippen molar-refractivity contribution < 1.29 is 14.3 Å². The number of ether oxygens (including phenoxy) is 1. The lowest BCUT2D eigenvalue weighted by Crippen LogP contribution is -2.31. The first-order valence-corrected chi connectivity index (χ1v) is 6.32. The van der Waals surface area contributed by atoms with Crippen LogP contribution in [0.4, 0.5) is 0 Å². The molecule has 0 aromatic heterocycles. The maximum absolute atomic E-state index is 11.5. The van der Waals surface area contributed by atoms with Gasteiger partial charge in [0, 0.05) is 25.8 Å². The van der Waals surface area contributed by atoms with E-state index >= 15 is 0 Å². The zero-order valence-corrected chi connectivity index (χ0v) is 10.1. The number of nitrogens with zero attached hydrogens (tertiary/aromatic N) is 1. The summed E-state index contributed by atoms with van der Waals surface area (Å²) in [6.07, 6.45) is 2.42. The molecule has 94 valence electrons. The van der Waals surface area contributed by atoms with Crippen LogP contribution in [0.15, 0.2) is 18.2 Å². The van der Waals surface area contributed by atoms with Gasteiger partial charge in [0.15, 0.2) is 0 Å². The Hall–Kier alpha value is -1.84. The van der Waals surface area contributed by atoms with Crippen LogP contribution in [-0.2, 0) is 22.4 Å². The third-order valence-electron chi connectivity index (χ3n) is 3.53. The minimum Gasteiger partial charge on any atom is -0.493 e. The van der Waals surface area contributed by atoms with Crippen molar-refractivity contribution in [2.45, 2.75) is 25.7 Å². The molecule has 4 heteroatoms. The Morgan fingerprint density at radius 2 is 1.89 bits per heavy atom. The molecule has 0 bridgehead atoms. The Morgan fingerprint density at radius 3 is 2.67 bits per heavy atom. The Balaban J connectivity index is 1.66. The van der Waals surface area contributed by atoms with Gasteiger partial charge in [0.05, 0.1) is 6.61 Å². The van der Waals surface area contributed by atoms with Crippen molar-refractivity contribution in [3.05, 3.63) is 29.3 Å². The van der Waals surface area contributed by atoms with E-state index in [0.29, 0.717) is 19.4 Å². The first kappa shape index (κ1) is 11.3. The zero-order chi connectivity index (χ0) is 12.5. The molecule has 1 saturated heterocycles. The molecule has 0 spiro atoms. The lowest BCUT2D eigenvalue weighted by molar-refractivity contribution is -0.138. The molecule has 1 fully saturated rings. The van der Waals surface area contributed by atoms with Crippen molar-refractivity contribution in [3.8, 4) is 5.75 Å². The van der Waals surface area contributed by atoms with Gasteiger partial charge in [-0.3, -0.25) is 14.5 Å². The van der Waals surface area contributed by atoms with Crippen molar-refractivity contribution in [3.63, 3.8) is 0 Å². The van der Waals surface area contributed by atoms with Crippen molar-refractivity contribution in [1.29, 1.82) is 0 Å². The summed E-state index contributed by atoms with van der Waals surface area (Å²) in [5.41, 5.74) is 2.39. The average molecular weight is 245 g/mol. The first-order valence-electron chi connectivity index (χ1n) is 6.32. The van der Waals surface area contributed by atoms with E-state index in [1.807, 2.05) is 12.1 Å². The number of likely N-dealkylation sites (tertiary alicyclic amines) is 1. The second-order valence-electron chi connectivity index (χ2n) is 4.73. The first-order chi connectivity index (χ1) is 8.74. The fourth-order valence-corrected chi connectivity index (χ4v) is 2.51. The number of benzene rings is 1. The Kier molecular flexibility index (Phi) is 2.78. The molecule has 1 aromatic rings. The van der Waals surface area contributed by atoms with Gasteiger partial charge >= 0.3 is 0 Å². The molecule has 0 atom stereocenters. The summed E-state index contributed by atoms with van der Waals surface area (Å²) in [4.78, 5) is 24.3. The number of rotatable bonds is 3. The van der Waals surface area contributed by atoms with E-state index in [1.165, 1.54) is 10.5 Å². The van der Waals surface area contributed by atoms with Crippen molar-refractivity contribution >= 4 is 11.8 Å². The van der Waals surface area contributed by atoms with Crippen molar-refractivity contribution in [1.82, 2.24) is 4.90 Å². The molecular weight excluding hydrogens is 230 g/mol. The highest BCUT2D eigenvalue weighted by Crippen LogP contribution is 2.26. The van der Waals surface area contributed by atoms with Gasteiger partial charge in [0.25, 0.3) is 0 Å². The maximum atomic E-state index is 11.5. The highest BCUT2D eigenvalue weighted by Gasteiger charge is 2.28. The lowest BCUT2D eigenvalue weighted by atomic mass is 10.1. The predicted molar refractivity (Wildman–Crippen MR) is 65.3 cm³/mol. The molecule has 2 aliphatic heterocycles. The molecule has 0 aliphatic carbocycles. The second-order valence-corrected chi connectivity index (χ2v) is 4.73. The predicted octanol–water partition coefficient (Wildman–Crippen LogP) is 1.31. The summed E-state index contributed by atoms with van der Waals surface area (Å²) in [5, 5.41) is 0. The molecule has 2 heterocycles. The SMILES string of the molecule is O=C1CCC(=O)N1CCc1ccc2c(c1)CCO2. The van der Waals surface area contributed by atoms with E-state index in [2.05, 4.69) is 6.07 Å². The van der Waals surface area contributed by atoms with Crippen LogP contribution < -0.4 is 4.74 Å². The molecule has 1 aromatic carbocycles. The molecule has 4 nitrogen and oxygen atoms in total. The van der Waals surface area contributed by atoms with Gasteiger partial charge in [0.2, 0.25) is 11.8 Å². The van der Waals surface area contributed by atoms with Gasteiger partial charge in [-0.15, -0.1) is 0 Å². The standard InChI is InChI=1S/C14H15NO3/c16-13-3-4-14(17)15(13)7-5-10-1-2-12-11(9-10)6-8-18-12/h1-2,9H,3-8H2. The molecule has 0 saturated carbocycles. The average Bonchev–Trinajstić information content (AvgIpc) is 2.94. The minimum atomic E-state index is -0.0375. The van der Waals surface area contributed by atoms with Crippen LogP contribution in [0.2, 0.25) is 0 Å². The van der Waals surface area contributed by atoms with Gasteiger partial charge in [0.1, 0.15) is 5.75 Å². The zero-order valence-electron chi connectivity index (χ0n) is 10.1. The smallest absolute Gasteiger partial charge is 0.229 e. The van der Waals surface area contributed by atoms with E-state index in [4.69, 9.17) is 4.74 Å². The summed E-state index contributed by atoms with van der Waals surface area (Å²) in [5.74, 6) is 0.890. The molecule has 0 N–H and O–H groups in total. The van der Waals surface area contributed by atoms with E-state index in [9.17, 15) is 9.59 Å². The highest BCUT2D eigenvalue weighted by atomic mass is 16.5. The molecule has 2 amide bonds. The Morgan fingerprint density at radius 1 is 1.11 bits per heavy atom. The third kappa shape index (κ3) is 1.98. The fraction of sp³-hybridized carbons (Fsp3) is 0.429. The second kappa shape index (κ2) is 4.44. The van der Waals surface area contributed by atoms with Gasteiger partial charge in [-0.1, -0.05) is 12.1 Å². The van der Waals surface area contributed by atoms with Crippen LogP contribution in [-0.4, -0.2) is 29.9 Å². The number of fused-ring (bicyclic) bond motifs is 1. The normalized spacial score (nSPS) is 18.1. The summed E-state index contributed by atoms with van der Waals surface area (Å²) < 4.78 is 5.45. The molecule has 3 rings (SSSR count). The van der Waals surface area contributed by atoms with Crippen LogP contribution in [0.5, 0.6) is 5.75 Å². The van der Waals surface area contributed by atoms with Crippen LogP contribution in [0.25, 0.3) is 0 Å². The summed E-state index contributed by atoms with van der Waals surface area (Å²) >= 11 is 0. The molecule has 18 heavy (non-hydrogen) atoms. The van der Waals surface area contributed by atoms with E-state index in [0.717, 1.165) is 30.8 Å². The number of amides is 2. The molecule has 0 radical (unpaired) electrons. The van der Waals surface area contributed by atoms with Crippen LogP contribution in [0.3, 0.4) is 0 Å². The van der Waals surface area contributed by atoms with E-state index < -0.39 is 0 Å². The quantitative estimate of drug-likeness (QED) is 0.754. The highest BCUT2D eigenvalue weighted by molar-refractivity contribution is 6.01. The minimum absolute atomic E-state index is 0.0375. The largest absolute Gasteiger partial charge is 0.493 e. The topological polar surface area (TPSA) is 46.6 Å². The number of hydrogen-bond acceptors (Lipinski definition) is 3. The lowest BCUT2D eigenvalue weighted by Gasteiger charge is -2.13. The number of carbonyl (C=O) groups is 2. The Labute approximate surface area is 106 Å². The fourth-order valence-electron chi connectivity index (χ4n) is 2.51. The van der Waals surface area contributed by atoms with Gasteiger partial charge in [-0.25, -0.2) is 0 Å². The summed E-state index contributed by atoms with van der Waals surface area (Å²) in [7, 11) is 0. The number of hydrogen-bond donors (Lipinski definition) is 0. The number of imide groups is 1. The van der Waals surface area contributed by atoms with Crippen LogP contribution in [0, 0.1) is 0 Å². The molecular formula is C14H15NO3. The van der Waals surface area contributed by atoms with Gasteiger partial charge < -0.3 is 4.74 Å². The number of carbonyl (C=O) groups excluding carboxylic acids is 2. The van der Waals surface area contributed by atoms with Crippen LogP contribution in [0.1, 0.15) is 24.0 Å². The monoisotopic (exact) mass is 245 g/mol.